The Bertz CT molecular complexity index is 730. The molecule has 0 aliphatic carbocycles. The smallest absolute Gasteiger partial charge is 0.314 e. The maximum Gasteiger partial charge on any atom is 0.322 e. The van der Waals surface area contributed by atoms with E-state index in [0.29, 0.717) is 0 Å². The fourth-order valence-corrected chi connectivity index (χ4v) is 3.64. The Kier molecular flexibility index (Phi) is 3.06. The van der Waals surface area contributed by atoms with Gasteiger partial charge in [-0.05, 0) is 37.5 Å². The molecule has 2 aliphatic heterocycles. The summed E-state index contributed by atoms with van der Waals surface area (Å²) >= 11 is 0. The van der Waals surface area contributed by atoms with Crippen molar-refractivity contribution in [3.63, 3.8) is 0 Å². The Morgan fingerprint density at radius 1 is 1.36 bits per heavy atom. The van der Waals surface area contributed by atoms with Gasteiger partial charge >= 0.3 is 6.03 Å². The van der Waals surface area contributed by atoms with E-state index in [1.165, 1.54) is 0 Å². The summed E-state index contributed by atoms with van der Waals surface area (Å²) in [6.07, 6.45) is 6.31. The van der Waals surface area contributed by atoms with Gasteiger partial charge in [-0.25, -0.2) is 14.8 Å². The van der Waals surface area contributed by atoms with Gasteiger partial charge in [-0.3, -0.25) is 0 Å². The lowest BCUT2D eigenvalue weighted by atomic mass is 10.00. The lowest BCUT2D eigenvalue weighted by molar-refractivity contribution is 0.178. The summed E-state index contributed by atoms with van der Waals surface area (Å²) in [6, 6.07) is 8.23. The summed E-state index contributed by atoms with van der Waals surface area (Å²) in [7, 11) is 0. The van der Waals surface area contributed by atoms with Gasteiger partial charge in [-0.15, -0.1) is 0 Å². The fraction of sp³-hybridized carbons (Fsp3) is 0.353. The maximum atomic E-state index is 12.7. The van der Waals surface area contributed by atoms with Crippen LogP contribution >= 0.6 is 0 Å². The summed E-state index contributed by atoms with van der Waals surface area (Å²) < 4.78 is 0. The quantitative estimate of drug-likeness (QED) is 0.879. The number of aryl methyl sites for hydroxylation is 1. The Balaban J connectivity index is 1.60. The maximum absolute atomic E-state index is 12.7. The highest BCUT2D eigenvalue weighted by atomic mass is 16.2. The van der Waals surface area contributed by atoms with E-state index in [-0.39, 0.29) is 18.1 Å². The van der Waals surface area contributed by atoms with Crippen molar-refractivity contribution in [1.82, 2.24) is 14.9 Å². The topological polar surface area (TPSA) is 58.1 Å². The second-order valence-electron chi connectivity index (χ2n) is 6.08. The minimum atomic E-state index is -0.0207. The van der Waals surface area contributed by atoms with Crippen LogP contribution in [0.2, 0.25) is 0 Å². The first kappa shape index (κ1) is 13.2. The van der Waals surface area contributed by atoms with E-state index in [0.717, 1.165) is 41.8 Å². The number of hydrogen-bond donors (Lipinski definition) is 1. The SMILES string of the molecule is Cc1cccc(NC(=O)N2C3CCC2c2cncnc2C3)c1. The van der Waals surface area contributed by atoms with Crippen molar-refractivity contribution in [3.05, 3.63) is 53.6 Å². The largest absolute Gasteiger partial charge is 0.322 e. The lowest BCUT2D eigenvalue weighted by Crippen LogP contribution is -2.44. The van der Waals surface area contributed by atoms with Crippen LogP contribution in [0.15, 0.2) is 36.8 Å². The summed E-state index contributed by atoms with van der Waals surface area (Å²) in [5, 5.41) is 3.03. The number of amides is 2. The molecule has 0 radical (unpaired) electrons. The molecule has 2 amide bonds. The summed E-state index contributed by atoms with van der Waals surface area (Å²) in [4.78, 5) is 23.2. The van der Waals surface area contributed by atoms with E-state index in [1.54, 1.807) is 6.33 Å². The number of rotatable bonds is 1. The van der Waals surface area contributed by atoms with Gasteiger partial charge in [0.05, 0.1) is 11.7 Å². The summed E-state index contributed by atoms with van der Waals surface area (Å²) in [5.74, 6) is 0. The first-order valence-corrected chi connectivity index (χ1v) is 7.67. The van der Waals surface area contributed by atoms with Crippen molar-refractivity contribution < 1.29 is 4.79 Å². The van der Waals surface area contributed by atoms with Crippen LogP contribution in [0.1, 0.15) is 35.7 Å². The molecule has 1 N–H and O–H groups in total. The van der Waals surface area contributed by atoms with Crippen LogP contribution in [0.3, 0.4) is 0 Å². The Morgan fingerprint density at radius 3 is 3.14 bits per heavy atom. The van der Waals surface area contributed by atoms with Crippen molar-refractivity contribution in [3.8, 4) is 0 Å². The second kappa shape index (κ2) is 5.09. The van der Waals surface area contributed by atoms with Crippen molar-refractivity contribution >= 4 is 11.7 Å². The van der Waals surface area contributed by atoms with Gasteiger partial charge in [0.2, 0.25) is 0 Å². The third-order valence-corrected chi connectivity index (χ3v) is 4.62. The number of nitrogens with one attached hydrogen (secondary N) is 1. The zero-order valence-corrected chi connectivity index (χ0v) is 12.5. The first-order valence-electron chi connectivity index (χ1n) is 7.67. The highest BCUT2D eigenvalue weighted by molar-refractivity contribution is 5.90. The van der Waals surface area contributed by atoms with Crippen molar-refractivity contribution in [1.29, 1.82) is 0 Å². The van der Waals surface area contributed by atoms with Gasteiger partial charge in [-0.2, -0.15) is 0 Å². The van der Waals surface area contributed by atoms with Crippen LogP contribution in [-0.2, 0) is 6.42 Å². The molecule has 3 heterocycles. The molecular formula is C17H18N4O. The highest BCUT2D eigenvalue weighted by Crippen LogP contribution is 2.42. The third kappa shape index (κ3) is 2.13. The minimum absolute atomic E-state index is 0.0207. The van der Waals surface area contributed by atoms with Crippen LogP contribution < -0.4 is 5.32 Å². The van der Waals surface area contributed by atoms with E-state index in [9.17, 15) is 4.79 Å². The van der Waals surface area contributed by atoms with Gasteiger partial charge in [0.1, 0.15) is 6.33 Å². The van der Waals surface area contributed by atoms with Crippen LogP contribution in [0.5, 0.6) is 0 Å². The number of hydrogen-bond acceptors (Lipinski definition) is 3. The van der Waals surface area contributed by atoms with Crippen molar-refractivity contribution in [2.75, 3.05) is 5.32 Å². The summed E-state index contributed by atoms with van der Waals surface area (Å²) in [5.41, 5.74) is 4.19. The Hall–Kier alpha value is -2.43. The molecule has 2 aromatic rings. The average Bonchev–Trinajstić information content (AvgIpc) is 2.83. The predicted octanol–water partition coefficient (Wildman–Crippen LogP) is 3.08. The molecule has 0 saturated carbocycles. The zero-order valence-electron chi connectivity index (χ0n) is 12.5. The molecule has 2 atom stereocenters. The molecule has 1 saturated heterocycles. The number of aromatic nitrogens is 2. The van der Waals surface area contributed by atoms with Gasteiger partial charge < -0.3 is 10.2 Å². The van der Waals surface area contributed by atoms with Gasteiger partial charge in [0, 0.05) is 29.9 Å². The van der Waals surface area contributed by atoms with Gasteiger partial charge in [0.15, 0.2) is 0 Å². The molecule has 1 fully saturated rings. The second-order valence-corrected chi connectivity index (χ2v) is 6.08. The Morgan fingerprint density at radius 2 is 2.27 bits per heavy atom. The third-order valence-electron chi connectivity index (χ3n) is 4.62. The molecule has 1 aromatic heterocycles. The van der Waals surface area contributed by atoms with Crippen LogP contribution in [0, 0.1) is 6.92 Å². The number of carbonyl (C=O) groups is 1. The van der Waals surface area contributed by atoms with Crippen LogP contribution in [-0.4, -0.2) is 26.9 Å². The molecule has 1 aromatic carbocycles. The number of fused-ring (bicyclic) bond motifs is 4. The molecule has 0 spiro atoms. The summed E-state index contributed by atoms with van der Waals surface area (Å²) in [6.45, 7) is 2.02. The average molecular weight is 294 g/mol. The van der Waals surface area contributed by atoms with E-state index >= 15 is 0 Å². The lowest BCUT2D eigenvalue weighted by Gasteiger charge is -2.35. The molecule has 2 aliphatic rings. The Labute approximate surface area is 129 Å². The first-order chi connectivity index (χ1) is 10.7. The van der Waals surface area contributed by atoms with Crippen molar-refractivity contribution in [2.24, 2.45) is 0 Å². The molecule has 5 nitrogen and oxygen atoms in total. The van der Waals surface area contributed by atoms with E-state index in [1.807, 2.05) is 42.3 Å². The fourth-order valence-electron chi connectivity index (χ4n) is 3.64. The molecule has 5 heteroatoms. The number of urea groups is 1. The van der Waals surface area contributed by atoms with Gasteiger partial charge in [-0.1, -0.05) is 12.1 Å². The number of anilines is 1. The van der Waals surface area contributed by atoms with Crippen LogP contribution in [0.4, 0.5) is 10.5 Å². The molecule has 4 rings (SSSR count). The van der Waals surface area contributed by atoms with E-state index < -0.39 is 0 Å². The molecular weight excluding hydrogens is 276 g/mol. The number of nitrogens with zero attached hydrogens (tertiary/aromatic N) is 3. The normalized spacial score (nSPS) is 22.3. The van der Waals surface area contributed by atoms with Crippen molar-refractivity contribution in [2.45, 2.75) is 38.3 Å². The van der Waals surface area contributed by atoms with Crippen LogP contribution in [0.25, 0.3) is 0 Å². The monoisotopic (exact) mass is 294 g/mol. The number of benzene rings is 1. The predicted molar refractivity (Wildman–Crippen MR) is 83.5 cm³/mol. The highest BCUT2D eigenvalue weighted by Gasteiger charge is 2.43. The molecule has 2 bridgehead atoms. The standard InChI is InChI=1S/C17H18N4O/c1-11-3-2-4-12(7-11)20-17(22)21-13-5-6-16(21)14-9-18-10-19-15(14)8-13/h2-4,7,9-10,13,16H,5-6,8H2,1H3,(H,20,22). The molecule has 2 unspecified atom stereocenters. The molecule has 22 heavy (non-hydrogen) atoms. The minimum Gasteiger partial charge on any atom is -0.314 e. The number of carbonyl (C=O) groups excluding carboxylic acids is 1. The zero-order chi connectivity index (χ0) is 15.1. The molecule has 112 valence electrons. The van der Waals surface area contributed by atoms with Gasteiger partial charge in [0.25, 0.3) is 0 Å². The van der Waals surface area contributed by atoms with E-state index in [4.69, 9.17) is 0 Å². The van der Waals surface area contributed by atoms with E-state index in [2.05, 4.69) is 15.3 Å².